The second kappa shape index (κ2) is 9.02. The van der Waals surface area contributed by atoms with Gasteiger partial charge in [-0.25, -0.2) is 0 Å². The van der Waals surface area contributed by atoms with E-state index in [0.717, 1.165) is 25.0 Å². The second-order valence-electron chi connectivity index (χ2n) is 5.62. The molecular formula is C18H23NO3Se. The Kier molecular flexibility index (Phi) is 7.03. The molecule has 1 unspecified atom stereocenters. The molecular weight excluding hydrogens is 357 g/mol. The van der Waals surface area contributed by atoms with Gasteiger partial charge >= 0.3 is 144 Å². The molecule has 0 saturated carbocycles. The molecule has 2 rings (SSSR count). The molecule has 0 N–H and O–H groups in total. The minimum atomic E-state index is -0.231. The van der Waals surface area contributed by atoms with Gasteiger partial charge in [0.2, 0.25) is 0 Å². The van der Waals surface area contributed by atoms with E-state index in [9.17, 15) is 9.59 Å². The summed E-state index contributed by atoms with van der Waals surface area (Å²) in [5, 5.41) is 0. The number of benzene rings is 1. The van der Waals surface area contributed by atoms with Gasteiger partial charge in [-0.05, 0) is 0 Å². The quantitative estimate of drug-likeness (QED) is 0.539. The fraction of sp³-hybridized carbons (Fsp3) is 0.444. The summed E-state index contributed by atoms with van der Waals surface area (Å²) < 4.78 is 5.11. The van der Waals surface area contributed by atoms with Crippen molar-refractivity contribution in [1.29, 1.82) is 0 Å². The zero-order valence-electron chi connectivity index (χ0n) is 13.7. The van der Waals surface area contributed by atoms with E-state index in [4.69, 9.17) is 4.74 Å². The van der Waals surface area contributed by atoms with Crippen molar-refractivity contribution in [2.75, 3.05) is 13.7 Å². The Hall–Kier alpha value is -1.42. The van der Waals surface area contributed by atoms with Crippen molar-refractivity contribution >= 4 is 25.6 Å². The molecule has 0 aliphatic heterocycles. The number of esters is 1. The molecule has 5 heteroatoms. The van der Waals surface area contributed by atoms with Crippen molar-refractivity contribution in [2.45, 2.75) is 37.7 Å². The average molecular weight is 380 g/mol. The SMILES string of the molecule is COC(=O)C1=CCC(N(CC(=O)[Se]C)Cc2ccccc2)CC1. The topological polar surface area (TPSA) is 46.6 Å². The van der Waals surface area contributed by atoms with E-state index < -0.39 is 0 Å². The van der Waals surface area contributed by atoms with E-state index in [-0.39, 0.29) is 20.9 Å². The molecule has 0 heterocycles. The number of nitrogens with zero attached hydrogens (tertiary/aromatic N) is 1. The maximum atomic E-state index is 12.0. The summed E-state index contributed by atoms with van der Waals surface area (Å²) in [5.41, 5.74) is 1.97. The van der Waals surface area contributed by atoms with Crippen molar-refractivity contribution in [1.82, 2.24) is 4.90 Å². The Labute approximate surface area is 144 Å². The van der Waals surface area contributed by atoms with Crippen LogP contribution in [-0.2, 0) is 20.9 Å². The first-order valence-electron chi connectivity index (χ1n) is 7.76. The number of hydrogen-bond donors (Lipinski definition) is 0. The standard InChI is InChI=1S/C18H23NO3Se/c1-22-18(21)15-8-10-16(11-9-15)19(13-17(20)23-2)12-14-6-4-3-5-7-14/h3-8,16H,9-13H2,1-2H3. The number of methoxy groups -OCH3 is 1. The van der Waals surface area contributed by atoms with Gasteiger partial charge in [0.25, 0.3) is 0 Å². The van der Waals surface area contributed by atoms with Crippen LogP contribution < -0.4 is 0 Å². The van der Waals surface area contributed by atoms with Crippen LogP contribution in [0.2, 0.25) is 5.82 Å². The number of carbonyl (C=O) groups excluding carboxylic acids is 2. The molecule has 0 radical (unpaired) electrons. The predicted octanol–water partition coefficient (Wildman–Crippen LogP) is 2.42. The van der Waals surface area contributed by atoms with E-state index in [0.29, 0.717) is 23.7 Å². The molecule has 23 heavy (non-hydrogen) atoms. The molecule has 1 aliphatic rings. The van der Waals surface area contributed by atoms with Crippen LogP contribution in [0.5, 0.6) is 0 Å². The van der Waals surface area contributed by atoms with Gasteiger partial charge in [0.1, 0.15) is 0 Å². The van der Waals surface area contributed by atoms with Gasteiger partial charge in [-0.1, -0.05) is 0 Å². The van der Waals surface area contributed by atoms with E-state index >= 15 is 0 Å². The van der Waals surface area contributed by atoms with Crippen molar-refractivity contribution in [3.8, 4) is 0 Å². The summed E-state index contributed by atoms with van der Waals surface area (Å²) >= 11 is 0.0244. The molecule has 0 bridgehead atoms. The van der Waals surface area contributed by atoms with E-state index in [2.05, 4.69) is 17.0 Å². The third-order valence-electron chi connectivity index (χ3n) is 4.14. The Morgan fingerprint density at radius 2 is 2.04 bits per heavy atom. The summed E-state index contributed by atoms with van der Waals surface area (Å²) in [6.07, 6.45) is 4.37. The van der Waals surface area contributed by atoms with Crippen molar-refractivity contribution < 1.29 is 14.3 Å². The van der Waals surface area contributed by atoms with Gasteiger partial charge in [0.15, 0.2) is 0 Å². The Balaban J connectivity index is 2.07. The molecule has 1 atom stereocenters. The van der Waals surface area contributed by atoms with Gasteiger partial charge in [-0.3, -0.25) is 0 Å². The van der Waals surface area contributed by atoms with Crippen molar-refractivity contribution in [3.05, 3.63) is 47.5 Å². The third-order valence-corrected chi connectivity index (χ3v) is 5.36. The van der Waals surface area contributed by atoms with Crippen LogP contribution >= 0.6 is 0 Å². The second-order valence-corrected chi connectivity index (χ2v) is 7.43. The van der Waals surface area contributed by atoms with Gasteiger partial charge in [0.05, 0.1) is 0 Å². The molecule has 124 valence electrons. The minimum absolute atomic E-state index is 0.0244. The molecule has 0 spiro atoms. The predicted molar refractivity (Wildman–Crippen MR) is 91.2 cm³/mol. The van der Waals surface area contributed by atoms with Gasteiger partial charge in [-0.2, -0.15) is 0 Å². The monoisotopic (exact) mass is 381 g/mol. The van der Waals surface area contributed by atoms with Gasteiger partial charge in [-0.15, -0.1) is 0 Å². The summed E-state index contributed by atoms with van der Waals surface area (Å²) in [6, 6.07) is 10.5. The molecule has 1 aliphatic carbocycles. The van der Waals surface area contributed by atoms with Crippen LogP contribution in [0.25, 0.3) is 0 Å². The van der Waals surface area contributed by atoms with E-state index in [1.54, 1.807) is 0 Å². The number of carbonyl (C=O) groups is 2. The van der Waals surface area contributed by atoms with Crippen LogP contribution in [0.15, 0.2) is 42.0 Å². The van der Waals surface area contributed by atoms with Crippen LogP contribution in [0.3, 0.4) is 0 Å². The number of hydrogen-bond acceptors (Lipinski definition) is 4. The fourth-order valence-corrected chi connectivity index (χ4v) is 3.45. The zero-order chi connectivity index (χ0) is 16.7. The van der Waals surface area contributed by atoms with Crippen LogP contribution in [0.1, 0.15) is 24.8 Å². The Bertz CT molecular complexity index is 571. The van der Waals surface area contributed by atoms with Crippen molar-refractivity contribution in [3.63, 3.8) is 0 Å². The summed E-state index contributed by atoms with van der Waals surface area (Å²) in [6.45, 7) is 1.27. The molecule has 4 nitrogen and oxygen atoms in total. The Morgan fingerprint density at radius 3 is 2.61 bits per heavy atom. The number of ether oxygens (including phenoxy) is 1. The third kappa shape index (κ3) is 5.31. The van der Waals surface area contributed by atoms with Crippen LogP contribution in [0.4, 0.5) is 0 Å². The van der Waals surface area contributed by atoms with Gasteiger partial charge < -0.3 is 0 Å². The molecule has 1 aromatic carbocycles. The fourth-order valence-electron chi connectivity index (χ4n) is 2.83. The van der Waals surface area contributed by atoms with E-state index in [1.807, 2.05) is 30.1 Å². The normalized spacial score (nSPS) is 17.7. The molecule has 0 saturated heterocycles. The Morgan fingerprint density at radius 1 is 1.30 bits per heavy atom. The summed E-state index contributed by atoms with van der Waals surface area (Å²) in [4.78, 5) is 25.8. The van der Waals surface area contributed by atoms with Crippen molar-refractivity contribution in [2.24, 2.45) is 0 Å². The molecule has 0 aromatic heterocycles. The zero-order valence-corrected chi connectivity index (χ0v) is 15.4. The van der Waals surface area contributed by atoms with E-state index in [1.165, 1.54) is 12.7 Å². The maximum absolute atomic E-state index is 12.0. The van der Waals surface area contributed by atoms with Crippen LogP contribution in [-0.4, -0.2) is 50.2 Å². The summed E-state index contributed by atoms with van der Waals surface area (Å²) in [5.74, 6) is 1.73. The number of rotatable bonds is 7. The first kappa shape index (κ1) is 17.9. The average Bonchev–Trinajstić information content (AvgIpc) is 2.61. The summed E-state index contributed by atoms with van der Waals surface area (Å²) in [7, 11) is 1.42. The first-order valence-corrected chi connectivity index (χ1v) is 10.3. The molecule has 0 fully saturated rings. The van der Waals surface area contributed by atoms with Gasteiger partial charge in [0, 0.05) is 0 Å². The molecule has 0 amide bonds. The molecule has 1 aromatic rings. The van der Waals surface area contributed by atoms with Crippen LogP contribution in [0, 0.1) is 0 Å². The first-order chi connectivity index (χ1) is 11.1.